The van der Waals surface area contributed by atoms with Crippen molar-refractivity contribution in [2.75, 3.05) is 11.9 Å². The van der Waals surface area contributed by atoms with E-state index in [4.69, 9.17) is 11.6 Å². The van der Waals surface area contributed by atoms with Crippen LogP contribution in [0.15, 0.2) is 18.2 Å². The van der Waals surface area contributed by atoms with E-state index in [0.29, 0.717) is 12.1 Å². The van der Waals surface area contributed by atoms with Gasteiger partial charge < -0.3 is 10.2 Å². The van der Waals surface area contributed by atoms with E-state index in [1.165, 1.54) is 5.56 Å². The van der Waals surface area contributed by atoms with Gasteiger partial charge in [-0.25, -0.2) is 0 Å². The van der Waals surface area contributed by atoms with Crippen LogP contribution < -0.4 is 10.2 Å². The molecule has 1 aromatic rings. The zero-order valence-corrected chi connectivity index (χ0v) is 13.6. The third kappa shape index (κ3) is 4.70. The van der Waals surface area contributed by atoms with Crippen LogP contribution in [-0.2, 0) is 6.54 Å². The molecule has 3 heteroatoms. The second kappa shape index (κ2) is 7.76. The third-order valence-corrected chi connectivity index (χ3v) is 3.90. The van der Waals surface area contributed by atoms with Gasteiger partial charge in [0.2, 0.25) is 0 Å². The lowest BCUT2D eigenvalue weighted by molar-refractivity contribution is 0.586. The third-order valence-electron chi connectivity index (χ3n) is 3.60. The number of nitrogens with zero attached hydrogens (tertiary/aromatic N) is 1. The number of benzene rings is 1. The first-order valence-electron chi connectivity index (χ1n) is 7.24. The second-order valence-corrected chi connectivity index (χ2v) is 5.81. The molecule has 0 aliphatic carbocycles. The zero-order chi connectivity index (χ0) is 14.4. The maximum atomic E-state index is 6.43. The van der Waals surface area contributed by atoms with Crippen molar-refractivity contribution < 1.29 is 0 Å². The molecule has 0 saturated heterocycles. The minimum atomic E-state index is 0.491. The molecule has 0 fully saturated rings. The lowest BCUT2D eigenvalue weighted by Gasteiger charge is -2.29. The fourth-order valence-electron chi connectivity index (χ4n) is 2.30. The van der Waals surface area contributed by atoms with Crippen molar-refractivity contribution in [1.29, 1.82) is 0 Å². The number of hydrogen-bond donors (Lipinski definition) is 1. The van der Waals surface area contributed by atoms with Crippen LogP contribution in [0, 0.1) is 0 Å². The van der Waals surface area contributed by atoms with Crippen molar-refractivity contribution in [3.8, 4) is 0 Å². The normalized spacial score (nSPS) is 11.4. The predicted octanol–water partition coefficient (Wildman–Crippen LogP) is 4.46. The summed E-state index contributed by atoms with van der Waals surface area (Å²) in [7, 11) is 2.13. The van der Waals surface area contributed by atoms with Crippen LogP contribution in [0.2, 0.25) is 5.02 Å². The van der Waals surface area contributed by atoms with Crippen molar-refractivity contribution in [2.45, 2.75) is 59.2 Å². The van der Waals surface area contributed by atoms with Crippen molar-refractivity contribution in [2.24, 2.45) is 0 Å². The Hall–Kier alpha value is -0.730. The molecule has 0 saturated carbocycles. The van der Waals surface area contributed by atoms with Gasteiger partial charge in [0.25, 0.3) is 0 Å². The number of halogens is 1. The standard InChI is InChI=1S/C16H27ClN2/c1-6-14(7-2)19(5)16-9-8-13(10-15(16)17)11-18-12(3)4/h8-10,12,14,18H,6-7,11H2,1-5H3. The highest BCUT2D eigenvalue weighted by Crippen LogP contribution is 2.28. The summed E-state index contributed by atoms with van der Waals surface area (Å²) >= 11 is 6.43. The molecule has 0 unspecified atom stereocenters. The van der Waals surface area contributed by atoms with Crippen LogP contribution in [-0.4, -0.2) is 19.1 Å². The van der Waals surface area contributed by atoms with Crippen molar-refractivity contribution >= 4 is 17.3 Å². The molecular weight excluding hydrogens is 256 g/mol. The lowest BCUT2D eigenvalue weighted by Crippen LogP contribution is -2.30. The van der Waals surface area contributed by atoms with Gasteiger partial charge in [0.15, 0.2) is 0 Å². The largest absolute Gasteiger partial charge is 0.370 e. The van der Waals surface area contributed by atoms with Gasteiger partial charge in [-0.05, 0) is 30.5 Å². The van der Waals surface area contributed by atoms with E-state index in [2.05, 4.69) is 63.2 Å². The van der Waals surface area contributed by atoms with E-state index < -0.39 is 0 Å². The Morgan fingerprint density at radius 3 is 2.32 bits per heavy atom. The van der Waals surface area contributed by atoms with E-state index in [1.807, 2.05) is 0 Å². The molecule has 0 bridgehead atoms. The van der Waals surface area contributed by atoms with E-state index in [0.717, 1.165) is 30.1 Å². The van der Waals surface area contributed by atoms with Gasteiger partial charge in [-0.1, -0.05) is 45.4 Å². The Bertz CT molecular complexity index is 386. The number of nitrogens with one attached hydrogen (secondary N) is 1. The van der Waals surface area contributed by atoms with E-state index in [9.17, 15) is 0 Å². The van der Waals surface area contributed by atoms with E-state index in [1.54, 1.807) is 0 Å². The average molecular weight is 283 g/mol. The summed E-state index contributed by atoms with van der Waals surface area (Å²) in [5.41, 5.74) is 2.36. The molecule has 108 valence electrons. The molecule has 1 rings (SSSR count). The smallest absolute Gasteiger partial charge is 0.0642 e. The summed E-state index contributed by atoms with van der Waals surface area (Å²) in [5, 5.41) is 4.26. The highest BCUT2D eigenvalue weighted by molar-refractivity contribution is 6.33. The Balaban J connectivity index is 2.81. The van der Waals surface area contributed by atoms with Crippen LogP contribution >= 0.6 is 11.6 Å². The lowest BCUT2D eigenvalue weighted by atomic mass is 10.1. The van der Waals surface area contributed by atoms with Gasteiger partial charge in [-0.2, -0.15) is 0 Å². The highest BCUT2D eigenvalue weighted by Gasteiger charge is 2.14. The zero-order valence-electron chi connectivity index (χ0n) is 12.8. The van der Waals surface area contributed by atoms with Crippen LogP contribution in [0.3, 0.4) is 0 Å². The maximum absolute atomic E-state index is 6.43. The highest BCUT2D eigenvalue weighted by atomic mass is 35.5. The van der Waals surface area contributed by atoms with E-state index >= 15 is 0 Å². The topological polar surface area (TPSA) is 15.3 Å². The van der Waals surface area contributed by atoms with Crippen LogP contribution in [0.1, 0.15) is 46.1 Å². The number of rotatable bonds is 7. The first-order chi connectivity index (χ1) is 8.99. The molecule has 1 aromatic carbocycles. The molecule has 2 nitrogen and oxygen atoms in total. The molecule has 0 aliphatic rings. The summed E-state index contributed by atoms with van der Waals surface area (Å²) in [6.45, 7) is 9.61. The van der Waals surface area contributed by atoms with Gasteiger partial charge >= 0.3 is 0 Å². The number of hydrogen-bond acceptors (Lipinski definition) is 2. The molecule has 0 aromatic heterocycles. The minimum Gasteiger partial charge on any atom is -0.370 e. The Kier molecular flexibility index (Phi) is 6.67. The number of anilines is 1. The first kappa shape index (κ1) is 16.3. The van der Waals surface area contributed by atoms with Crippen LogP contribution in [0.4, 0.5) is 5.69 Å². The molecule has 0 heterocycles. The fraction of sp³-hybridized carbons (Fsp3) is 0.625. The van der Waals surface area contributed by atoms with Crippen molar-refractivity contribution in [3.63, 3.8) is 0 Å². The predicted molar refractivity (Wildman–Crippen MR) is 86.2 cm³/mol. The Morgan fingerprint density at radius 2 is 1.84 bits per heavy atom. The van der Waals surface area contributed by atoms with Gasteiger partial charge in [-0.15, -0.1) is 0 Å². The summed E-state index contributed by atoms with van der Waals surface area (Å²) < 4.78 is 0. The Labute approximate surface area is 123 Å². The van der Waals surface area contributed by atoms with Crippen molar-refractivity contribution in [3.05, 3.63) is 28.8 Å². The first-order valence-corrected chi connectivity index (χ1v) is 7.62. The van der Waals surface area contributed by atoms with Crippen molar-refractivity contribution in [1.82, 2.24) is 5.32 Å². The molecule has 0 atom stereocenters. The molecule has 0 radical (unpaired) electrons. The molecular formula is C16H27ClN2. The maximum Gasteiger partial charge on any atom is 0.0642 e. The summed E-state index contributed by atoms with van der Waals surface area (Å²) in [4.78, 5) is 2.29. The van der Waals surface area contributed by atoms with Gasteiger partial charge in [0.1, 0.15) is 0 Å². The van der Waals surface area contributed by atoms with Crippen LogP contribution in [0.5, 0.6) is 0 Å². The quantitative estimate of drug-likeness (QED) is 0.794. The molecule has 19 heavy (non-hydrogen) atoms. The fourth-order valence-corrected chi connectivity index (χ4v) is 2.64. The van der Waals surface area contributed by atoms with E-state index in [-0.39, 0.29) is 0 Å². The minimum absolute atomic E-state index is 0.491. The monoisotopic (exact) mass is 282 g/mol. The molecule has 0 aliphatic heterocycles. The van der Waals surface area contributed by atoms with Gasteiger partial charge in [0, 0.05) is 25.7 Å². The SMILES string of the molecule is CCC(CC)N(C)c1ccc(CNC(C)C)cc1Cl. The molecule has 0 amide bonds. The van der Waals surface area contributed by atoms with Crippen LogP contribution in [0.25, 0.3) is 0 Å². The second-order valence-electron chi connectivity index (χ2n) is 5.40. The molecule has 1 N–H and O–H groups in total. The summed E-state index contributed by atoms with van der Waals surface area (Å²) in [5.74, 6) is 0. The summed E-state index contributed by atoms with van der Waals surface area (Å²) in [6.07, 6.45) is 2.28. The Morgan fingerprint density at radius 1 is 1.21 bits per heavy atom. The van der Waals surface area contributed by atoms with Gasteiger partial charge in [-0.3, -0.25) is 0 Å². The summed E-state index contributed by atoms with van der Waals surface area (Å²) in [6, 6.07) is 7.42. The van der Waals surface area contributed by atoms with Gasteiger partial charge in [0.05, 0.1) is 10.7 Å². The average Bonchev–Trinajstić information content (AvgIpc) is 2.37. The molecule has 0 spiro atoms.